The van der Waals surface area contributed by atoms with Crippen LogP contribution in [0.4, 0.5) is 0 Å². The first-order chi connectivity index (χ1) is 8.15. The van der Waals surface area contributed by atoms with E-state index in [-0.39, 0.29) is 0 Å². The summed E-state index contributed by atoms with van der Waals surface area (Å²) >= 11 is 1.83. The maximum absolute atomic E-state index is 5.22. The summed E-state index contributed by atoms with van der Waals surface area (Å²) in [7, 11) is 2.18. The molecule has 2 nitrogen and oxygen atoms in total. The van der Waals surface area contributed by atoms with Crippen LogP contribution >= 0.6 is 11.3 Å². The molecular weight excluding hydrogens is 228 g/mol. The lowest BCUT2D eigenvalue weighted by Gasteiger charge is -2.30. The maximum Gasteiger partial charge on any atom is 0.0574 e. The second kappa shape index (κ2) is 7.50. The van der Waals surface area contributed by atoms with Crippen molar-refractivity contribution in [3.8, 4) is 12.3 Å². The van der Waals surface area contributed by atoms with Crippen LogP contribution in [0.1, 0.15) is 18.7 Å². The fraction of sp³-hybridized carbons (Fsp3) is 0.571. The first-order valence-electron chi connectivity index (χ1n) is 6.03. The molecule has 17 heavy (non-hydrogen) atoms. The van der Waals surface area contributed by atoms with Crippen LogP contribution in [0.3, 0.4) is 0 Å². The van der Waals surface area contributed by atoms with Crippen molar-refractivity contribution >= 4 is 11.3 Å². The average molecular weight is 250 g/mol. The Kier molecular flexibility index (Phi) is 6.28. The van der Waals surface area contributed by atoms with Crippen molar-refractivity contribution in [1.29, 1.82) is 0 Å². The molecule has 1 N–H and O–H groups in total. The number of hydrogen-bond acceptors (Lipinski definition) is 3. The van der Waals surface area contributed by atoms with E-state index >= 15 is 0 Å². The van der Waals surface area contributed by atoms with Gasteiger partial charge in [-0.1, -0.05) is 12.0 Å². The van der Waals surface area contributed by atoms with E-state index in [1.807, 2.05) is 11.3 Å². The van der Waals surface area contributed by atoms with Crippen LogP contribution in [0.2, 0.25) is 0 Å². The van der Waals surface area contributed by atoms with Crippen LogP contribution in [-0.2, 0) is 6.42 Å². The molecule has 0 bridgehead atoms. The second-order valence-electron chi connectivity index (χ2n) is 4.48. The number of thiophene rings is 1. The predicted molar refractivity (Wildman–Crippen MR) is 76.4 cm³/mol. The quantitative estimate of drug-likeness (QED) is 0.590. The monoisotopic (exact) mass is 250 g/mol. The van der Waals surface area contributed by atoms with E-state index in [1.54, 1.807) is 0 Å². The van der Waals surface area contributed by atoms with Crippen molar-refractivity contribution in [3.05, 3.63) is 22.4 Å². The van der Waals surface area contributed by atoms with Crippen LogP contribution in [-0.4, -0.2) is 37.1 Å². The van der Waals surface area contributed by atoms with Gasteiger partial charge in [0.2, 0.25) is 0 Å². The number of rotatable bonds is 7. The summed E-state index contributed by atoms with van der Waals surface area (Å²) in [6.45, 7) is 6.10. The fourth-order valence-corrected chi connectivity index (χ4v) is 2.62. The molecule has 0 aliphatic carbocycles. The highest BCUT2D eigenvalue weighted by Crippen LogP contribution is 2.14. The van der Waals surface area contributed by atoms with Gasteiger partial charge < -0.3 is 5.32 Å². The van der Waals surface area contributed by atoms with E-state index in [0.717, 1.165) is 13.0 Å². The highest BCUT2D eigenvalue weighted by atomic mass is 32.1. The molecule has 0 amide bonds. The van der Waals surface area contributed by atoms with E-state index < -0.39 is 0 Å². The Morgan fingerprint density at radius 2 is 2.24 bits per heavy atom. The maximum atomic E-state index is 5.22. The number of nitrogens with zero attached hydrogens (tertiary/aromatic N) is 1. The Morgan fingerprint density at radius 3 is 2.82 bits per heavy atom. The zero-order valence-electron chi connectivity index (χ0n) is 10.9. The van der Waals surface area contributed by atoms with Gasteiger partial charge in [0.25, 0.3) is 0 Å². The van der Waals surface area contributed by atoms with E-state index in [1.165, 1.54) is 4.88 Å². The Hall–Kier alpha value is -0.820. The third-order valence-corrected chi connectivity index (χ3v) is 4.03. The van der Waals surface area contributed by atoms with Gasteiger partial charge in [-0.2, -0.15) is 0 Å². The van der Waals surface area contributed by atoms with Crippen molar-refractivity contribution in [2.75, 3.05) is 20.1 Å². The highest BCUT2D eigenvalue weighted by molar-refractivity contribution is 7.09. The van der Waals surface area contributed by atoms with Crippen molar-refractivity contribution < 1.29 is 0 Å². The molecule has 2 unspecified atom stereocenters. The van der Waals surface area contributed by atoms with Crippen LogP contribution in [0.5, 0.6) is 0 Å². The minimum Gasteiger partial charge on any atom is -0.305 e. The third-order valence-electron chi connectivity index (χ3n) is 3.13. The average Bonchev–Trinajstić information content (AvgIpc) is 2.81. The van der Waals surface area contributed by atoms with Gasteiger partial charge in [0, 0.05) is 23.5 Å². The molecular formula is C14H22N2S. The molecule has 2 atom stereocenters. The van der Waals surface area contributed by atoms with Crippen molar-refractivity contribution in [2.45, 2.75) is 32.4 Å². The van der Waals surface area contributed by atoms with Crippen molar-refractivity contribution in [2.24, 2.45) is 0 Å². The van der Waals surface area contributed by atoms with Gasteiger partial charge in [-0.25, -0.2) is 0 Å². The molecule has 1 aromatic heterocycles. The van der Waals surface area contributed by atoms with Crippen LogP contribution in [0.15, 0.2) is 17.5 Å². The normalized spacial score (nSPS) is 14.5. The van der Waals surface area contributed by atoms with Gasteiger partial charge in [0.1, 0.15) is 0 Å². The van der Waals surface area contributed by atoms with Crippen LogP contribution in [0, 0.1) is 12.3 Å². The summed E-state index contributed by atoms with van der Waals surface area (Å²) < 4.78 is 0. The summed E-state index contributed by atoms with van der Waals surface area (Å²) in [6.07, 6.45) is 6.33. The topological polar surface area (TPSA) is 15.3 Å². The van der Waals surface area contributed by atoms with Gasteiger partial charge in [-0.05, 0) is 38.8 Å². The second-order valence-corrected chi connectivity index (χ2v) is 5.51. The molecule has 0 fully saturated rings. The summed E-state index contributed by atoms with van der Waals surface area (Å²) in [4.78, 5) is 3.86. The van der Waals surface area contributed by atoms with E-state index in [4.69, 9.17) is 6.42 Å². The summed E-state index contributed by atoms with van der Waals surface area (Å²) in [6, 6.07) is 5.37. The molecule has 0 spiro atoms. The van der Waals surface area contributed by atoms with Gasteiger partial charge in [-0.3, -0.25) is 4.90 Å². The zero-order chi connectivity index (χ0) is 12.7. The first kappa shape index (κ1) is 14.2. The lowest BCUT2D eigenvalue weighted by Crippen LogP contribution is -2.43. The lowest BCUT2D eigenvalue weighted by molar-refractivity contribution is 0.193. The van der Waals surface area contributed by atoms with E-state index in [9.17, 15) is 0 Å². The highest BCUT2D eigenvalue weighted by Gasteiger charge is 2.15. The molecule has 0 aliphatic heterocycles. The molecule has 1 heterocycles. The molecule has 3 heteroatoms. The minimum atomic E-state index is 0.498. The molecule has 1 rings (SSSR count). The Labute approximate surface area is 109 Å². The number of terminal acetylenes is 1. The van der Waals surface area contributed by atoms with Crippen LogP contribution < -0.4 is 5.32 Å². The number of nitrogens with one attached hydrogen (secondary N) is 1. The smallest absolute Gasteiger partial charge is 0.0574 e. The van der Waals surface area contributed by atoms with Gasteiger partial charge in [0.15, 0.2) is 0 Å². The molecule has 0 aliphatic rings. The lowest BCUT2D eigenvalue weighted by atomic mass is 10.1. The summed E-state index contributed by atoms with van der Waals surface area (Å²) in [5, 5.41) is 5.39. The molecule has 94 valence electrons. The van der Waals surface area contributed by atoms with Crippen molar-refractivity contribution in [3.63, 3.8) is 0 Å². The first-order valence-corrected chi connectivity index (χ1v) is 6.91. The fourth-order valence-electron chi connectivity index (χ4n) is 1.80. The van der Waals surface area contributed by atoms with Crippen LogP contribution in [0.25, 0.3) is 0 Å². The van der Waals surface area contributed by atoms with Gasteiger partial charge in [-0.15, -0.1) is 17.8 Å². The zero-order valence-corrected chi connectivity index (χ0v) is 11.8. The largest absolute Gasteiger partial charge is 0.305 e. The molecule has 1 aromatic rings. The number of likely N-dealkylation sites (N-methyl/N-ethyl adjacent to an activating group) is 1. The molecule has 0 aromatic carbocycles. The molecule has 0 radical (unpaired) electrons. The summed E-state index contributed by atoms with van der Waals surface area (Å²) in [5.74, 6) is 2.60. The number of hydrogen-bond donors (Lipinski definition) is 1. The van der Waals surface area contributed by atoms with E-state index in [0.29, 0.717) is 18.6 Å². The SMILES string of the molecule is C#CCNCC(C)N(C)C(C)Cc1cccs1. The Balaban J connectivity index is 2.35. The molecule has 0 saturated heterocycles. The molecule has 0 saturated carbocycles. The van der Waals surface area contributed by atoms with Crippen molar-refractivity contribution in [1.82, 2.24) is 10.2 Å². The van der Waals surface area contributed by atoms with E-state index in [2.05, 4.69) is 54.5 Å². The Bertz CT molecular complexity index is 340. The standard InChI is InChI=1S/C14H22N2S/c1-5-8-15-11-13(3)16(4)12(2)10-14-7-6-9-17-14/h1,6-7,9,12-13,15H,8,10-11H2,2-4H3. The summed E-state index contributed by atoms with van der Waals surface area (Å²) in [5.41, 5.74) is 0. The third kappa shape index (κ3) is 4.91. The van der Waals surface area contributed by atoms with Gasteiger partial charge in [0.05, 0.1) is 6.54 Å². The van der Waals surface area contributed by atoms with Gasteiger partial charge >= 0.3 is 0 Å². The Morgan fingerprint density at radius 1 is 1.47 bits per heavy atom. The minimum absolute atomic E-state index is 0.498. The predicted octanol–water partition coefficient (Wildman–Crippen LogP) is 2.22.